The summed E-state index contributed by atoms with van der Waals surface area (Å²) in [5, 5.41) is 55.0. The van der Waals surface area contributed by atoms with Gasteiger partial charge in [0.05, 0.1) is 127 Å². The highest BCUT2D eigenvalue weighted by atomic mass is 32.2. The third kappa shape index (κ3) is 17.5. The van der Waals surface area contributed by atoms with Crippen LogP contribution in [0, 0.1) is 29.6 Å². The molecule has 5 N–H and O–H groups in total. The Kier molecular flexibility index (Phi) is 23.8. The second-order valence-corrected chi connectivity index (χ2v) is 36.6. The summed E-state index contributed by atoms with van der Waals surface area (Å²) in [6, 6.07) is 10.1. The highest BCUT2D eigenvalue weighted by molar-refractivity contribution is 7.88. The van der Waals surface area contributed by atoms with Gasteiger partial charge in [-0.1, -0.05) is 83.5 Å². The van der Waals surface area contributed by atoms with Crippen LogP contribution in [0.5, 0.6) is 0 Å². The predicted octanol–water partition coefficient (Wildman–Crippen LogP) is 16.5. The maximum atomic E-state index is 13.6. The van der Waals surface area contributed by atoms with E-state index in [1.165, 1.54) is 118 Å². The fraction of sp³-hybridized carbons (Fsp3) is 0.591. The molecule has 0 radical (unpaired) electrons. The van der Waals surface area contributed by atoms with Gasteiger partial charge in [0.2, 0.25) is 15.9 Å². The van der Waals surface area contributed by atoms with Gasteiger partial charge in [0.1, 0.15) is 18.5 Å². The first-order valence-corrected chi connectivity index (χ1v) is 43.9. The summed E-state index contributed by atoms with van der Waals surface area (Å²) in [6.45, 7) is 4.01. The minimum Gasteiger partial charge on any atom is -0.388 e. The number of halogens is 3. The number of rotatable bonds is 18. The smallest absolute Gasteiger partial charge is 0.219 e. The molecule has 20 rings (SSSR count). The van der Waals surface area contributed by atoms with Crippen molar-refractivity contribution in [2.24, 2.45) is 29.6 Å². The van der Waals surface area contributed by atoms with Gasteiger partial charge in [0.25, 0.3) is 0 Å². The number of pyridine rings is 5. The van der Waals surface area contributed by atoms with E-state index in [2.05, 4.69) is 37.1 Å². The zero-order chi connectivity index (χ0) is 77.5. The SMILES string of the molecule is CC(=O)N1CCCC(C(O)c2c(C3CC3)ccn3cncc23)C1.CS(=O)(=O)N1CCCC(C(O)c2c(C3CC3)ccn3cncc23)C1.OC(CC1CCCCC1)c1c([C@H]2C[C@H]2F)ccn2cncc12.OC(CC1CCCCC1)c1c([C@H]2C[C@H]2F)ccn2cncc12.OC(c1c([C@H]2C[C@@H]2F)ccn2cncc12)C1CCCCC1. The Labute approximate surface area is 655 Å². The number of aliphatic hydroxyl groups excluding tert-OH is 5. The molecule has 0 bridgehead atoms. The number of nitrogens with zero attached hydrogens (tertiary/aromatic N) is 12. The van der Waals surface area contributed by atoms with Crippen molar-refractivity contribution < 1.29 is 51.9 Å². The number of alkyl halides is 3. The van der Waals surface area contributed by atoms with Crippen molar-refractivity contribution in [2.45, 2.75) is 265 Å². The molecule has 24 heteroatoms. The molecule has 12 heterocycles. The van der Waals surface area contributed by atoms with Crippen LogP contribution in [0.3, 0.4) is 0 Å². The number of sulfonamides is 1. The number of hydrogen-bond donors (Lipinski definition) is 5. The molecule has 2 aliphatic heterocycles. The van der Waals surface area contributed by atoms with Crippen LogP contribution < -0.4 is 0 Å². The quantitative estimate of drug-likeness (QED) is 0.0537. The molecule has 20 nitrogen and oxygen atoms in total. The highest BCUT2D eigenvalue weighted by Gasteiger charge is 2.45. The molecule has 600 valence electrons. The van der Waals surface area contributed by atoms with E-state index in [1.54, 1.807) is 63.3 Å². The normalized spacial score (nSPS) is 25.9. The number of amides is 1. The average molecular weight is 1560 g/mol. The molecule has 0 spiro atoms. The minimum atomic E-state index is -3.22. The van der Waals surface area contributed by atoms with Gasteiger partial charge in [0, 0.05) is 121 Å². The zero-order valence-corrected chi connectivity index (χ0v) is 65.8. The predicted molar refractivity (Wildman–Crippen MR) is 425 cm³/mol. The Hall–Kier alpha value is -7.58. The maximum absolute atomic E-state index is 13.6. The van der Waals surface area contributed by atoms with Crippen LogP contribution in [0.2, 0.25) is 0 Å². The molecule has 10 aromatic heterocycles. The van der Waals surface area contributed by atoms with Gasteiger partial charge < -0.3 is 52.4 Å². The van der Waals surface area contributed by atoms with Gasteiger partial charge in [-0.15, -0.1) is 0 Å². The third-order valence-corrected chi connectivity index (χ3v) is 27.9. The number of likely N-dealkylation sites (tertiary alicyclic amines) is 1. The van der Waals surface area contributed by atoms with Crippen LogP contribution in [0.1, 0.15) is 302 Å². The number of aliphatic hydroxyl groups is 5. The molecule has 1 amide bonds. The zero-order valence-electron chi connectivity index (χ0n) is 64.9. The van der Waals surface area contributed by atoms with Crippen molar-refractivity contribution in [3.63, 3.8) is 0 Å². The summed E-state index contributed by atoms with van der Waals surface area (Å²) in [6.07, 6.45) is 53.9. The van der Waals surface area contributed by atoms with E-state index in [-0.39, 0.29) is 35.5 Å². The van der Waals surface area contributed by atoms with Gasteiger partial charge >= 0.3 is 0 Å². The average Bonchev–Trinajstić information content (AvgIpc) is 1.59. The lowest BCUT2D eigenvalue weighted by Gasteiger charge is -2.35. The van der Waals surface area contributed by atoms with Gasteiger partial charge in [-0.25, -0.2) is 50.8 Å². The summed E-state index contributed by atoms with van der Waals surface area (Å²) >= 11 is 0. The van der Waals surface area contributed by atoms with E-state index in [4.69, 9.17) is 0 Å². The van der Waals surface area contributed by atoms with Gasteiger partial charge in [-0.3, -0.25) is 4.79 Å². The lowest BCUT2D eigenvalue weighted by atomic mass is 9.81. The Morgan fingerprint density at radius 3 is 1.06 bits per heavy atom. The second kappa shape index (κ2) is 34.1. The van der Waals surface area contributed by atoms with Crippen LogP contribution in [-0.2, 0) is 14.8 Å². The first kappa shape index (κ1) is 78.3. The fourth-order valence-electron chi connectivity index (χ4n) is 19.7. The van der Waals surface area contributed by atoms with E-state index >= 15 is 0 Å². The topological polar surface area (TPSA) is 245 Å². The lowest BCUT2D eigenvalue weighted by Crippen LogP contribution is -2.41. The summed E-state index contributed by atoms with van der Waals surface area (Å²) in [5.41, 5.74) is 14.9. The van der Waals surface area contributed by atoms with Crippen molar-refractivity contribution in [1.29, 1.82) is 0 Å². The number of hydrogen-bond acceptors (Lipinski definition) is 13. The minimum absolute atomic E-state index is 0.0295. The molecule has 8 aliphatic carbocycles. The number of imidazole rings is 5. The molecule has 2 saturated heterocycles. The monoisotopic (exact) mass is 1550 g/mol. The molecule has 112 heavy (non-hydrogen) atoms. The Morgan fingerprint density at radius 2 is 0.714 bits per heavy atom. The van der Waals surface area contributed by atoms with Crippen molar-refractivity contribution in [1.82, 2.24) is 56.1 Å². The Bertz CT molecular complexity index is 4880. The second-order valence-electron chi connectivity index (χ2n) is 34.6. The lowest BCUT2D eigenvalue weighted by molar-refractivity contribution is -0.131. The van der Waals surface area contributed by atoms with Crippen molar-refractivity contribution in [2.75, 3.05) is 32.4 Å². The van der Waals surface area contributed by atoms with E-state index < -0.39 is 59.1 Å². The number of piperidine rings is 2. The molecule has 7 unspecified atom stereocenters. The fourth-order valence-corrected chi connectivity index (χ4v) is 20.7. The molecule has 8 saturated carbocycles. The number of fused-ring (bicyclic) bond motifs is 5. The van der Waals surface area contributed by atoms with E-state index in [9.17, 15) is 51.9 Å². The standard InChI is InChI=1S/2C18H23FN2O.C18H23N3O2.C17H21FN2O.C17H23N3O3S/c2*19-15-9-14(15)13-6-7-21-11-20-10-16(21)18(13)17(22)8-12-4-2-1-3-5-12;1-12(22)20-7-2-3-14(10-20)18(23)17-15(13-4-5-13)6-8-21-11-19-9-16(17)21;18-14-8-13(14)12-6-7-20-10-19-9-15(20)16(12)17(21)11-4-2-1-3-5-11;1-24(22,23)20-7-2-3-13(10-20)17(21)16-14(12-4-5-12)6-8-19-11-18-9-15(16)19/h2*6-7,10-12,14-15,17,22H,1-5,8-9H2;6,8-9,11,13-14,18,23H,2-5,7,10H2,1H3;6-7,9-11,13-14,17,21H,1-5,8H2;6,8-9,11-13,17,21H,2-5,7,10H2,1H3/t2*14-,15-,17?;;13-,14+,17?;/m11.1./s1. The molecule has 0 aromatic carbocycles. The third-order valence-electron chi connectivity index (χ3n) is 26.6. The van der Waals surface area contributed by atoms with Crippen LogP contribution in [0.25, 0.3) is 27.6 Å². The highest BCUT2D eigenvalue weighted by Crippen LogP contribution is 2.53. The first-order chi connectivity index (χ1) is 54.3. The summed E-state index contributed by atoms with van der Waals surface area (Å²) < 4.78 is 75.7. The van der Waals surface area contributed by atoms with Gasteiger partial charge in [0.15, 0.2) is 0 Å². The summed E-state index contributed by atoms with van der Waals surface area (Å²) in [5.74, 6) is 2.63. The van der Waals surface area contributed by atoms with Crippen LogP contribution in [-0.4, -0.2) is 147 Å². The van der Waals surface area contributed by atoms with E-state index in [0.29, 0.717) is 68.5 Å². The molecular weight excluding hydrogens is 1440 g/mol. The van der Waals surface area contributed by atoms with E-state index in [1.807, 2.05) is 82.3 Å². The summed E-state index contributed by atoms with van der Waals surface area (Å²) in [4.78, 5) is 34.6. The summed E-state index contributed by atoms with van der Waals surface area (Å²) in [7, 11) is -3.22. The largest absolute Gasteiger partial charge is 0.388 e. The van der Waals surface area contributed by atoms with Crippen LogP contribution in [0.15, 0.2) is 124 Å². The van der Waals surface area contributed by atoms with Crippen molar-refractivity contribution in [3.8, 4) is 0 Å². The molecule has 10 fully saturated rings. The Balaban J connectivity index is 0.000000106. The van der Waals surface area contributed by atoms with E-state index in [0.717, 1.165) is 143 Å². The molecule has 10 aliphatic rings. The molecule has 10 aromatic rings. The Morgan fingerprint density at radius 1 is 0.411 bits per heavy atom. The number of aromatic nitrogens is 10. The van der Waals surface area contributed by atoms with Crippen LogP contribution in [0.4, 0.5) is 13.2 Å². The number of carbonyl (C=O) groups is 1. The van der Waals surface area contributed by atoms with Gasteiger partial charge in [-0.05, 0) is 184 Å². The molecular formula is C88H113F3N12O8S. The van der Waals surface area contributed by atoms with Gasteiger partial charge in [-0.2, -0.15) is 0 Å². The number of carbonyl (C=O) groups excluding carboxylic acids is 1. The van der Waals surface area contributed by atoms with Crippen molar-refractivity contribution >= 4 is 43.5 Å². The molecule has 13 atom stereocenters. The van der Waals surface area contributed by atoms with Crippen molar-refractivity contribution in [3.05, 3.63) is 180 Å². The first-order valence-electron chi connectivity index (χ1n) is 42.1. The maximum Gasteiger partial charge on any atom is 0.219 e. The van der Waals surface area contributed by atoms with Crippen LogP contribution >= 0.6 is 0 Å².